The topological polar surface area (TPSA) is 87.9 Å². The highest BCUT2D eigenvalue weighted by molar-refractivity contribution is 6.20. The Morgan fingerprint density at radius 1 is 1.05 bits per heavy atom. The van der Waals surface area contributed by atoms with Crippen molar-refractivity contribution in [2.45, 2.75) is 47.1 Å². The van der Waals surface area contributed by atoms with Crippen LogP contribution < -0.4 is 19.9 Å². The number of hydrogen-bond acceptors (Lipinski definition) is 6. The van der Waals surface area contributed by atoms with Gasteiger partial charge in [-0.1, -0.05) is 0 Å². The van der Waals surface area contributed by atoms with Crippen LogP contribution in [-0.4, -0.2) is 43.5 Å². The number of nitrogens with zero attached hydrogens (tertiary/aromatic N) is 3. The molecule has 0 bridgehead atoms. The van der Waals surface area contributed by atoms with Crippen molar-refractivity contribution in [2.24, 2.45) is 5.41 Å². The summed E-state index contributed by atoms with van der Waals surface area (Å²) in [6, 6.07) is 13.6. The Kier molecular flexibility index (Phi) is 7.97. The van der Waals surface area contributed by atoms with Gasteiger partial charge in [0, 0.05) is 44.5 Å². The molecule has 1 N–H and O–H groups in total. The van der Waals surface area contributed by atoms with Crippen molar-refractivity contribution >= 4 is 23.2 Å². The van der Waals surface area contributed by atoms with E-state index in [1.807, 2.05) is 56.4 Å². The fraction of sp³-hybridized carbons (Fsp3) is 0.414. The second kappa shape index (κ2) is 11.2. The van der Waals surface area contributed by atoms with Gasteiger partial charge in [-0.2, -0.15) is 0 Å². The molecule has 37 heavy (non-hydrogen) atoms. The van der Waals surface area contributed by atoms with E-state index < -0.39 is 5.41 Å². The number of anilines is 2. The monoisotopic (exact) mass is 504 g/mol. The maximum absolute atomic E-state index is 13.0. The van der Waals surface area contributed by atoms with Gasteiger partial charge in [-0.3, -0.25) is 14.6 Å². The Morgan fingerprint density at radius 2 is 1.86 bits per heavy atom. The molecule has 0 atom stereocenters. The molecule has 1 aromatic carbocycles. The first-order chi connectivity index (χ1) is 17.7. The molecule has 3 aromatic rings. The van der Waals surface area contributed by atoms with Crippen LogP contribution in [0, 0.1) is 12.3 Å². The van der Waals surface area contributed by atoms with Crippen molar-refractivity contribution < 1.29 is 18.7 Å². The molecular formula is C29H36N4O4. The number of hydrogen-bond donors (Lipinski definition) is 1. The summed E-state index contributed by atoms with van der Waals surface area (Å²) < 4.78 is 11.6. The summed E-state index contributed by atoms with van der Waals surface area (Å²) in [4.78, 5) is 33.7. The summed E-state index contributed by atoms with van der Waals surface area (Å²) in [5.74, 6) is 2.08. The van der Waals surface area contributed by atoms with E-state index in [4.69, 9.17) is 9.15 Å². The molecule has 3 heterocycles. The molecule has 196 valence electrons. The summed E-state index contributed by atoms with van der Waals surface area (Å²) in [5.41, 5.74) is 2.44. The minimum atomic E-state index is -1.12. The summed E-state index contributed by atoms with van der Waals surface area (Å²) in [6.45, 7) is 9.78. The Morgan fingerprint density at radius 3 is 2.59 bits per heavy atom. The third-order valence-electron chi connectivity index (χ3n) is 6.66. The minimum Gasteiger partial charge on any atom is -0.493 e. The summed E-state index contributed by atoms with van der Waals surface area (Å²) in [5, 5.41) is 3.45. The zero-order valence-corrected chi connectivity index (χ0v) is 22.3. The van der Waals surface area contributed by atoms with Crippen molar-refractivity contribution in [3.8, 4) is 5.75 Å². The number of fused-ring (bicyclic) bond motifs is 1. The van der Waals surface area contributed by atoms with E-state index in [0.29, 0.717) is 31.0 Å². The number of furan rings is 1. The fourth-order valence-electron chi connectivity index (χ4n) is 4.58. The van der Waals surface area contributed by atoms with Gasteiger partial charge in [-0.05, 0) is 82.6 Å². The Bertz CT molecular complexity index is 1270. The van der Waals surface area contributed by atoms with Gasteiger partial charge >= 0.3 is 0 Å². The third kappa shape index (κ3) is 5.85. The largest absolute Gasteiger partial charge is 0.493 e. The quantitative estimate of drug-likeness (QED) is 0.323. The van der Waals surface area contributed by atoms with Crippen molar-refractivity contribution in [1.82, 2.24) is 10.3 Å². The maximum Gasteiger partial charge on any atom is 0.242 e. The maximum atomic E-state index is 13.0. The average molecular weight is 505 g/mol. The second-order valence-electron chi connectivity index (χ2n) is 9.91. The van der Waals surface area contributed by atoms with Gasteiger partial charge in [0.15, 0.2) is 0 Å². The molecule has 8 heteroatoms. The van der Waals surface area contributed by atoms with Crippen LogP contribution in [0.1, 0.15) is 50.0 Å². The first kappa shape index (κ1) is 26.4. The lowest BCUT2D eigenvalue weighted by atomic mass is 9.90. The first-order valence-electron chi connectivity index (χ1n) is 12.8. The number of aromatic nitrogens is 1. The average Bonchev–Trinajstić information content (AvgIpc) is 3.28. The standard InChI is InChI=1S/C29H36N4O4/c1-6-33-25-11-10-23(18-26(25)32(5)27(34)29(3,4)28(33)35)36-15-7-13-30-19-21-12-14-31-22(16-21)17-24-9-8-20(2)37-24/h8-12,14,16,18,30H,6-7,13,15,17,19H2,1-5H3. The van der Waals surface area contributed by atoms with Crippen LogP contribution in [0.25, 0.3) is 0 Å². The van der Waals surface area contributed by atoms with E-state index >= 15 is 0 Å². The van der Waals surface area contributed by atoms with Gasteiger partial charge in [0.05, 0.1) is 18.0 Å². The third-order valence-corrected chi connectivity index (χ3v) is 6.66. The van der Waals surface area contributed by atoms with Crippen LogP contribution in [-0.2, 0) is 22.6 Å². The number of ether oxygens (including phenoxy) is 1. The number of carbonyl (C=O) groups excluding carboxylic acids is 2. The summed E-state index contributed by atoms with van der Waals surface area (Å²) >= 11 is 0. The molecule has 0 radical (unpaired) electrons. The molecule has 0 aliphatic carbocycles. The van der Waals surface area contributed by atoms with Gasteiger partial charge in [0.2, 0.25) is 11.8 Å². The minimum absolute atomic E-state index is 0.192. The predicted molar refractivity (Wildman–Crippen MR) is 144 cm³/mol. The van der Waals surface area contributed by atoms with Crippen LogP contribution in [0.2, 0.25) is 0 Å². The summed E-state index contributed by atoms with van der Waals surface area (Å²) in [6.07, 6.45) is 3.33. The lowest BCUT2D eigenvalue weighted by Crippen LogP contribution is -2.47. The van der Waals surface area contributed by atoms with Gasteiger partial charge in [-0.15, -0.1) is 0 Å². The number of carbonyl (C=O) groups is 2. The number of nitrogens with one attached hydrogen (secondary N) is 1. The van der Waals surface area contributed by atoms with Gasteiger partial charge in [0.1, 0.15) is 22.7 Å². The predicted octanol–water partition coefficient (Wildman–Crippen LogP) is 4.49. The smallest absolute Gasteiger partial charge is 0.242 e. The van der Waals surface area contributed by atoms with Crippen molar-refractivity contribution in [2.75, 3.05) is 36.5 Å². The molecule has 2 amide bonds. The lowest BCUT2D eigenvalue weighted by molar-refractivity contribution is -0.137. The first-order valence-corrected chi connectivity index (χ1v) is 12.8. The van der Waals surface area contributed by atoms with Crippen LogP contribution >= 0.6 is 0 Å². The number of pyridine rings is 1. The highest BCUT2D eigenvalue weighted by Gasteiger charge is 2.45. The lowest BCUT2D eigenvalue weighted by Gasteiger charge is -2.27. The highest BCUT2D eigenvalue weighted by Crippen LogP contribution is 2.40. The summed E-state index contributed by atoms with van der Waals surface area (Å²) in [7, 11) is 1.71. The van der Waals surface area contributed by atoms with Crippen molar-refractivity contribution in [3.05, 3.63) is 71.4 Å². The Hall–Kier alpha value is -3.65. The van der Waals surface area contributed by atoms with Crippen LogP contribution in [0.15, 0.2) is 53.1 Å². The van der Waals surface area contributed by atoms with Crippen LogP contribution in [0.4, 0.5) is 11.4 Å². The molecule has 1 aliphatic heterocycles. The van der Waals surface area contributed by atoms with E-state index in [9.17, 15) is 9.59 Å². The molecule has 0 saturated carbocycles. The number of amides is 2. The zero-order chi connectivity index (χ0) is 26.6. The van der Waals surface area contributed by atoms with E-state index in [1.54, 1.807) is 30.7 Å². The molecule has 1 aliphatic rings. The van der Waals surface area contributed by atoms with Crippen molar-refractivity contribution in [1.29, 1.82) is 0 Å². The molecule has 0 unspecified atom stereocenters. The van der Waals surface area contributed by atoms with Crippen LogP contribution in [0.5, 0.6) is 5.75 Å². The Balaban J connectivity index is 1.28. The molecule has 0 spiro atoms. The number of benzene rings is 1. The van der Waals surface area contributed by atoms with Gasteiger partial charge in [0.25, 0.3) is 0 Å². The fourth-order valence-corrected chi connectivity index (χ4v) is 4.58. The van der Waals surface area contributed by atoms with E-state index in [-0.39, 0.29) is 11.8 Å². The van der Waals surface area contributed by atoms with Gasteiger partial charge < -0.3 is 24.3 Å². The highest BCUT2D eigenvalue weighted by atomic mass is 16.5. The molecule has 0 fully saturated rings. The molecule has 8 nitrogen and oxygen atoms in total. The van der Waals surface area contributed by atoms with E-state index in [2.05, 4.69) is 16.4 Å². The SMILES string of the molecule is CCN1C(=O)C(C)(C)C(=O)N(C)c2cc(OCCCNCc3ccnc(Cc4ccc(C)o4)c3)ccc21. The Labute approximate surface area is 218 Å². The molecule has 2 aromatic heterocycles. The zero-order valence-electron chi connectivity index (χ0n) is 22.3. The second-order valence-corrected chi connectivity index (χ2v) is 9.91. The molecular weight excluding hydrogens is 468 g/mol. The number of rotatable bonds is 10. The van der Waals surface area contributed by atoms with E-state index in [1.165, 1.54) is 5.56 Å². The van der Waals surface area contributed by atoms with Gasteiger partial charge in [-0.25, -0.2) is 0 Å². The number of aryl methyl sites for hydroxylation is 1. The van der Waals surface area contributed by atoms with Crippen LogP contribution in [0.3, 0.4) is 0 Å². The van der Waals surface area contributed by atoms with Crippen molar-refractivity contribution in [3.63, 3.8) is 0 Å². The molecule has 4 rings (SSSR count). The molecule has 0 saturated heterocycles. The normalized spacial score (nSPS) is 15.1. The van der Waals surface area contributed by atoms with E-state index in [0.717, 1.165) is 42.4 Å².